The molecule has 10 heteroatoms. The van der Waals surface area contributed by atoms with Gasteiger partial charge in [0.15, 0.2) is 11.5 Å². The molecule has 2 fully saturated rings. The van der Waals surface area contributed by atoms with Crippen LogP contribution < -0.4 is 19.7 Å². The number of hydrogen-bond donors (Lipinski definition) is 1. The minimum absolute atomic E-state index is 0.240. The lowest BCUT2D eigenvalue weighted by atomic mass is 10.2. The van der Waals surface area contributed by atoms with E-state index in [2.05, 4.69) is 10.2 Å². The van der Waals surface area contributed by atoms with Gasteiger partial charge in [0, 0.05) is 13.1 Å². The lowest BCUT2D eigenvalue weighted by Gasteiger charge is -2.30. The number of nitrogens with one attached hydrogen (secondary N) is 1. The van der Waals surface area contributed by atoms with E-state index in [0.717, 1.165) is 35.4 Å². The van der Waals surface area contributed by atoms with Gasteiger partial charge in [0.25, 0.3) is 11.1 Å². The van der Waals surface area contributed by atoms with E-state index < -0.39 is 17.1 Å². The van der Waals surface area contributed by atoms with Crippen LogP contribution in [0.4, 0.5) is 16.2 Å². The van der Waals surface area contributed by atoms with Gasteiger partial charge >= 0.3 is 0 Å². The summed E-state index contributed by atoms with van der Waals surface area (Å²) in [6, 6.07) is 12.7. The van der Waals surface area contributed by atoms with Crippen molar-refractivity contribution in [2.24, 2.45) is 0 Å². The molecule has 9 nitrogen and oxygen atoms in total. The number of carbonyl (C=O) groups is 3. The molecule has 1 N–H and O–H groups in total. The van der Waals surface area contributed by atoms with E-state index in [9.17, 15) is 14.4 Å². The number of amides is 3. The van der Waals surface area contributed by atoms with E-state index in [1.165, 1.54) is 0 Å². The molecular weight excluding hydrogens is 470 g/mol. The molecule has 0 atom stereocenters. The van der Waals surface area contributed by atoms with Crippen LogP contribution in [0, 0.1) is 0 Å². The molecule has 4 rings (SSSR count). The summed E-state index contributed by atoms with van der Waals surface area (Å²) in [5.41, 5.74) is 2.19. The second-order valence-corrected chi connectivity index (χ2v) is 8.77. The highest BCUT2D eigenvalue weighted by Gasteiger charge is 2.36. The normalized spacial score (nSPS) is 17.1. The number of anilines is 2. The van der Waals surface area contributed by atoms with Crippen molar-refractivity contribution < 1.29 is 28.6 Å². The Morgan fingerprint density at radius 3 is 2.66 bits per heavy atom. The van der Waals surface area contributed by atoms with Crippen molar-refractivity contribution in [2.75, 3.05) is 56.8 Å². The van der Waals surface area contributed by atoms with Gasteiger partial charge < -0.3 is 24.4 Å². The third-order valence-corrected chi connectivity index (χ3v) is 6.40. The largest absolute Gasteiger partial charge is 0.493 e. The standard InChI is InChI=1S/C25H27N3O6S/c1-3-34-21-14-17(8-9-20(21)32-2)15-22-24(30)28(25(31)35-22)16-23(29)26-18-6-4-5-7-19(18)27-10-12-33-13-11-27/h4-9,14-15H,3,10-13,16H2,1-2H3,(H,26,29)/b22-15+. The Bertz CT molecular complexity index is 1150. The van der Waals surface area contributed by atoms with Gasteiger partial charge in [-0.15, -0.1) is 0 Å². The number of rotatable bonds is 8. The molecule has 0 aromatic heterocycles. The van der Waals surface area contributed by atoms with Crippen LogP contribution in [0.2, 0.25) is 0 Å². The first-order valence-electron chi connectivity index (χ1n) is 11.3. The summed E-state index contributed by atoms with van der Waals surface area (Å²) in [6.07, 6.45) is 1.61. The Balaban J connectivity index is 1.45. The molecule has 0 radical (unpaired) electrons. The zero-order valence-corrected chi connectivity index (χ0v) is 20.4. The summed E-state index contributed by atoms with van der Waals surface area (Å²) in [7, 11) is 1.55. The Labute approximate surface area is 208 Å². The third-order valence-electron chi connectivity index (χ3n) is 5.49. The number of thioether (sulfide) groups is 1. The number of benzene rings is 2. The average molecular weight is 498 g/mol. The number of methoxy groups -OCH3 is 1. The van der Waals surface area contributed by atoms with Crippen molar-refractivity contribution >= 4 is 46.3 Å². The predicted octanol–water partition coefficient (Wildman–Crippen LogP) is 3.61. The van der Waals surface area contributed by atoms with Gasteiger partial charge in [-0.3, -0.25) is 19.3 Å². The molecule has 184 valence electrons. The van der Waals surface area contributed by atoms with E-state index in [1.807, 2.05) is 25.1 Å². The lowest BCUT2D eigenvalue weighted by molar-refractivity contribution is -0.127. The highest BCUT2D eigenvalue weighted by molar-refractivity contribution is 8.18. The maximum atomic E-state index is 12.9. The molecule has 2 heterocycles. The summed E-state index contributed by atoms with van der Waals surface area (Å²) in [5.74, 6) is 0.162. The highest BCUT2D eigenvalue weighted by Crippen LogP contribution is 2.35. The van der Waals surface area contributed by atoms with E-state index in [4.69, 9.17) is 14.2 Å². The van der Waals surface area contributed by atoms with Crippen molar-refractivity contribution in [3.8, 4) is 11.5 Å². The molecule has 2 aromatic carbocycles. The summed E-state index contributed by atoms with van der Waals surface area (Å²) in [5, 5.41) is 2.36. The van der Waals surface area contributed by atoms with Gasteiger partial charge in [0.1, 0.15) is 6.54 Å². The molecule has 2 saturated heterocycles. The summed E-state index contributed by atoms with van der Waals surface area (Å²) in [6.45, 7) is 4.62. The van der Waals surface area contributed by atoms with E-state index in [0.29, 0.717) is 42.6 Å². The van der Waals surface area contributed by atoms with Crippen LogP contribution in [0.3, 0.4) is 0 Å². The molecule has 0 spiro atoms. The molecule has 35 heavy (non-hydrogen) atoms. The first kappa shape index (κ1) is 24.6. The smallest absolute Gasteiger partial charge is 0.294 e. The molecule has 0 bridgehead atoms. The van der Waals surface area contributed by atoms with Gasteiger partial charge in [-0.05, 0) is 54.6 Å². The molecule has 2 aromatic rings. The van der Waals surface area contributed by atoms with Gasteiger partial charge in [0.2, 0.25) is 5.91 Å². The van der Waals surface area contributed by atoms with Crippen LogP contribution in [0.1, 0.15) is 12.5 Å². The van der Waals surface area contributed by atoms with Crippen molar-refractivity contribution in [2.45, 2.75) is 6.92 Å². The first-order valence-corrected chi connectivity index (χ1v) is 12.1. The Morgan fingerprint density at radius 2 is 1.91 bits per heavy atom. The second kappa shape index (κ2) is 11.3. The van der Waals surface area contributed by atoms with Crippen LogP contribution in [-0.2, 0) is 14.3 Å². The Hall–Kier alpha value is -3.50. The van der Waals surface area contributed by atoms with Crippen LogP contribution in [0.25, 0.3) is 6.08 Å². The van der Waals surface area contributed by atoms with E-state index in [1.54, 1.807) is 37.5 Å². The van der Waals surface area contributed by atoms with Gasteiger partial charge in [-0.2, -0.15) is 0 Å². The van der Waals surface area contributed by atoms with Crippen LogP contribution >= 0.6 is 11.8 Å². The van der Waals surface area contributed by atoms with Gasteiger partial charge in [0.05, 0.1) is 43.2 Å². The summed E-state index contributed by atoms with van der Waals surface area (Å²) >= 11 is 0.804. The van der Waals surface area contributed by atoms with Crippen molar-refractivity contribution in [3.05, 3.63) is 52.9 Å². The molecule has 3 amide bonds. The quantitative estimate of drug-likeness (QED) is 0.553. The van der Waals surface area contributed by atoms with Crippen LogP contribution in [-0.4, -0.2) is 68.5 Å². The fourth-order valence-electron chi connectivity index (χ4n) is 3.83. The fraction of sp³-hybridized carbons (Fsp3) is 0.320. The lowest BCUT2D eigenvalue weighted by Crippen LogP contribution is -2.38. The number of nitrogens with zero attached hydrogens (tertiary/aromatic N) is 2. The van der Waals surface area contributed by atoms with Crippen molar-refractivity contribution in [1.82, 2.24) is 4.90 Å². The number of carbonyl (C=O) groups excluding carboxylic acids is 3. The van der Waals surface area contributed by atoms with Gasteiger partial charge in [-0.1, -0.05) is 18.2 Å². The minimum atomic E-state index is -0.509. The number of imide groups is 1. The molecule has 0 saturated carbocycles. The number of para-hydroxylation sites is 2. The minimum Gasteiger partial charge on any atom is -0.493 e. The van der Waals surface area contributed by atoms with Gasteiger partial charge in [-0.25, -0.2) is 0 Å². The zero-order valence-electron chi connectivity index (χ0n) is 19.6. The topological polar surface area (TPSA) is 97.4 Å². The molecule has 0 unspecified atom stereocenters. The zero-order chi connectivity index (χ0) is 24.8. The van der Waals surface area contributed by atoms with Crippen LogP contribution in [0.15, 0.2) is 47.4 Å². The first-order chi connectivity index (χ1) is 17.0. The molecular formula is C25H27N3O6S. The SMILES string of the molecule is CCOc1cc(/C=C2/SC(=O)N(CC(=O)Nc3ccccc3N3CCOCC3)C2=O)ccc1OC. The molecule has 2 aliphatic rings. The monoisotopic (exact) mass is 497 g/mol. The fourth-order valence-corrected chi connectivity index (χ4v) is 4.67. The van der Waals surface area contributed by atoms with E-state index >= 15 is 0 Å². The molecule has 2 aliphatic heterocycles. The second-order valence-electron chi connectivity index (χ2n) is 7.78. The van der Waals surface area contributed by atoms with Crippen molar-refractivity contribution in [1.29, 1.82) is 0 Å². The maximum Gasteiger partial charge on any atom is 0.294 e. The predicted molar refractivity (Wildman–Crippen MR) is 135 cm³/mol. The number of hydrogen-bond acceptors (Lipinski definition) is 8. The number of morpholine rings is 1. The van der Waals surface area contributed by atoms with E-state index in [-0.39, 0.29) is 11.4 Å². The van der Waals surface area contributed by atoms with Crippen molar-refractivity contribution in [3.63, 3.8) is 0 Å². The Kier molecular flexibility index (Phi) is 7.94. The number of ether oxygens (including phenoxy) is 3. The average Bonchev–Trinajstić information content (AvgIpc) is 3.12. The Morgan fingerprint density at radius 1 is 1.14 bits per heavy atom. The summed E-state index contributed by atoms with van der Waals surface area (Å²) < 4.78 is 16.3. The highest BCUT2D eigenvalue weighted by atomic mass is 32.2. The third kappa shape index (κ3) is 5.77. The molecule has 0 aliphatic carbocycles. The maximum absolute atomic E-state index is 12.9. The van der Waals surface area contributed by atoms with Crippen LogP contribution in [0.5, 0.6) is 11.5 Å². The summed E-state index contributed by atoms with van der Waals surface area (Å²) in [4.78, 5) is 41.6.